The summed E-state index contributed by atoms with van der Waals surface area (Å²) in [5.41, 5.74) is 0. The molecule has 1 saturated heterocycles. The van der Waals surface area contributed by atoms with E-state index in [4.69, 9.17) is 4.74 Å². The van der Waals surface area contributed by atoms with Crippen molar-refractivity contribution in [3.63, 3.8) is 0 Å². The second-order valence-electron chi connectivity index (χ2n) is 6.72. The fraction of sp³-hybridized carbons (Fsp3) is 0.941. The standard InChI is InChI=1S/C17H32N2O2/c1-4-7-13-10-15(18-17(20)21-6-3)12-19(11-13)16(5-2)14-8-9-14/h13-16H,4-12H2,1-3H3,(H,18,20). The topological polar surface area (TPSA) is 41.6 Å². The number of nitrogens with one attached hydrogen (secondary N) is 1. The highest BCUT2D eigenvalue weighted by atomic mass is 16.5. The summed E-state index contributed by atoms with van der Waals surface area (Å²) in [6, 6.07) is 0.971. The van der Waals surface area contributed by atoms with Crippen molar-refractivity contribution < 1.29 is 9.53 Å². The number of hydrogen-bond acceptors (Lipinski definition) is 3. The molecule has 2 fully saturated rings. The van der Waals surface area contributed by atoms with E-state index in [2.05, 4.69) is 24.1 Å². The van der Waals surface area contributed by atoms with Crippen LogP contribution < -0.4 is 5.32 Å². The zero-order valence-electron chi connectivity index (χ0n) is 13.9. The van der Waals surface area contributed by atoms with E-state index in [-0.39, 0.29) is 12.1 Å². The highest BCUT2D eigenvalue weighted by molar-refractivity contribution is 5.67. The van der Waals surface area contributed by atoms with Gasteiger partial charge in [0.2, 0.25) is 0 Å². The summed E-state index contributed by atoms with van der Waals surface area (Å²) in [6.07, 6.45) is 7.36. The number of ether oxygens (including phenoxy) is 1. The van der Waals surface area contributed by atoms with Gasteiger partial charge in [0, 0.05) is 25.2 Å². The molecular formula is C17H32N2O2. The van der Waals surface area contributed by atoms with Gasteiger partial charge >= 0.3 is 6.09 Å². The second-order valence-corrected chi connectivity index (χ2v) is 6.72. The molecule has 0 spiro atoms. The van der Waals surface area contributed by atoms with Gasteiger partial charge in [0.1, 0.15) is 0 Å². The molecule has 122 valence electrons. The zero-order valence-corrected chi connectivity index (χ0v) is 13.9. The zero-order chi connectivity index (χ0) is 15.2. The van der Waals surface area contributed by atoms with Crippen molar-refractivity contribution in [1.29, 1.82) is 0 Å². The summed E-state index contributed by atoms with van der Waals surface area (Å²) < 4.78 is 5.05. The number of likely N-dealkylation sites (tertiary alicyclic amines) is 1. The smallest absolute Gasteiger partial charge is 0.407 e. The lowest BCUT2D eigenvalue weighted by Crippen LogP contribution is -2.54. The molecule has 1 amide bonds. The summed E-state index contributed by atoms with van der Waals surface area (Å²) in [5.74, 6) is 1.61. The van der Waals surface area contributed by atoms with Crippen molar-refractivity contribution in [1.82, 2.24) is 10.2 Å². The van der Waals surface area contributed by atoms with E-state index in [0.29, 0.717) is 12.5 Å². The molecule has 0 radical (unpaired) electrons. The largest absolute Gasteiger partial charge is 0.450 e. The van der Waals surface area contributed by atoms with Gasteiger partial charge in [-0.25, -0.2) is 4.79 Å². The van der Waals surface area contributed by atoms with E-state index in [1.807, 2.05) is 6.92 Å². The fourth-order valence-corrected chi connectivity index (χ4v) is 3.94. The predicted molar refractivity (Wildman–Crippen MR) is 85.3 cm³/mol. The maximum atomic E-state index is 11.7. The first-order valence-corrected chi connectivity index (χ1v) is 8.85. The maximum absolute atomic E-state index is 11.7. The van der Waals surface area contributed by atoms with Gasteiger partial charge in [0.05, 0.1) is 6.61 Å². The normalized spacial score (nSPS) is 28.1. The summed E-state index contributed by atoms with van der Waals surface area (Å²) >= 11 is 0. The first-order valence-electron chi connectivity index (χ1n) is 8.85. The lowest BCUT2D eigenvalue weighted by atomic mass is 9.88. The Kier molecular flexibility index (Phi) is 6.34. The molecule has 1 heterocycles. The first-order chi connectivity index (χ1) is 10.2. The third-order valence-electron chi connectivity index (χ3n) is 4.91. The average molecular weight is 296 g/mol. The molecule has 21 heavy (non-hydrogen) atoms. The van der Waals surface area contributed by atoms with Gasteiger partial charge in [-0.3, -0.25) is 4.90 Å². The third kappa shape index (κ3) is 4.87. The van der Waals surface area contributed by atoms with Crippen LogP contribution in [0.2, 0.25) is 0 Å². The Hall–Kier alpha value is -0.770. The number of carbonyl (C=O) groups is 1. The molecule has 0 aromatic carbocycles. The van der Waals surface area contributed by atoms with Crippen LogP contribution in [-0.4, -0.2) is 42.8 Å². The predicted octanol–water partition coefficient (Wildman–Crippen LogP) is 3.41. The molecule has 1 aliphatic carbocycles. The number of amides is 1. The minimum Gasteiger partial charge on any atom is -0.450 e. The molecule has 2 rings (SSSR count). The molecule has 0 aromatic rings. The molecule has 2 aliphatic rings. The van der Waals surface area contributed by atoms with Crippen LogP contribution in [0.3, 0.4) is 0 Å². The molecule has 4 nitrogen and oxygen atoms in total. The molecule has 4 heteroatoms. The van der Waals surface area contributed by atoms with Crippen LogP contribution >= 0.6 is 0 Å². The molecule has 1 N–H and O–H groups in total. The van der Waals surface area contributed by atoms with Crippen LogP contribution in [-0.2, 0) is 4.74 Å². The molecule has 0 bridgehead atoms. The van der Waals surface area contributed by atoms with Crippen molar-refractivity contribution in [3.8, 4) is 0 Å². The molecular weight excluding hydrogens is 264 g/mol. The van der Waals surface area contributed by atoms with Crippen molar-refractivity contribution in [2.75, 3.05) is 19.7 Å². The number of rotatable bonds is 7. The Bertz CT molecular complexity index is 331. The SMILES string of the molecule is CCCC1CC(NC(=O)OCC)CN(C(CC)C2CC2)C1. The summed E-state index contributed by atoms with van der Waals surface area (Å²) in [7, 11) is 0. The van der Waals surface area contributed by atoms with E-state index in [9.17, 15) is 4.79 Å². The summed E-state index contributed by atoms with van der Waals surface area (Å²) in [5, 5.41) is 3.07. The van der Waals surface area contributed by atoms with E-state index in [0.717, 1.165) is 24.9 Å². The molecule has 1 saturated carbocycles. The number of hydrogen-bond donors (Lipinski definition) is 1. The molecule has 0 aromatic heterocycles. The van der Waals surface area contributed by atoms with Gasteiger partial charge < -0.3 is 10.1 Å². The number of nitrogens with zero attached hydrogens (tertiary/aromatic N) is 1. The Morgan fingerprint density at radius 1 is 1.29 bits per heavy atom. The van der Waals surface area contributed by atoms with Crippen LogP contribution in [0.4, 0.5) is 4.79 Å². The monoisotopic (exact) mass is 296 g/mol. The van der Waals surface area contributed by atoms with Crippen LogP contribution in [0.15, 0.2) is 0 Å². The van der Waals surface area contributed by atoms with Crippen LogP contribution in [0.25, 0.3) is 0 Å². The quantitative estimate of drug-likeness (QED) is 0.783. The minimum atomic E-state index is -0.251. The summed E-state index contributed by atoms with van der Waals surface area (Å²) in [4.78, 5) is 14.4. The van der Waals surface area contributed by atoms with E-state index >= 15 is 0 Å². The minimum absolute atomic E-state index is 0.251. The average Bonchev–Trinajstić information content (AvgIpc) is 3.24. The number of alkyl carbamates (subject to hydrolysis) is 1. The Morgan fingerprint density at radius 3 is 2.62 bits per heavy atom. The Labute approximate surface area is 129 Å². The van der Waals surface area contributed by atoms with Gasteiger partial charge in [-0.15, -0.1) is 0 Å². The highest BCUT2D eigenvalue weighted by Gasteiger charge is 2.38. The Balaban J connectivity index is 1.95. The van der Waals surface area contributed by atoms with Crippen molar-refractivity contribution in [3.05, 3.63) is 0 Å². The number of piperidine rings is 1. The fourth-order valence-electron chi connectivity index (χ4n) is 3.94. The first kappa shape index (κ1) is 16.6. The molecule has 3 atom stereocenters. The number of carbonyl (C=O) groups excluding carboxylic acids is 1. The van der Waals surface area contributed by atoms with Crippen LogP contribution in [0.5, 0.6) is 0 Å². The van der Waals surface area contributed by atoms with E-state index < -0.39 is 0 Å². The van der Waals surface area contributed by atoms with Crippen molar-refractivity contribution in [2.45, 2.75) is 71.4 Å². The van der Waals surface area contributed by atoms with Crippen molar-refractivity contribution >= 4 is 6.09 Å². The Morgan fingerprint density at radius 2 is 2.05 bits per heavy atom. The van der Waals surface area contributed by atoms with Gasteiger partial charge in [-0.2, -0.15) is 0 Å². The third-order valence-corrected chi connectivity index (χ3v) is 4.91. The molecule has 3 unspecified atom stereocenters. The van der Waals surface area contributed by atoms with Crippen LogP contribution in [0, 0.1) is 11.8 Å². The lowest BCUT2D eigenvalue weighted by molar-refractivity contribution is 0.0754. The highest BCUT2D eigenvalue weighted by Crippen LogP contribution is 2.38. The van der Waals surface area contributed by atoms with Gasteiger partial charge in [-0.1, -0.05) is 20.3 Å². The van der Waals surface area contributed by atoms with Gasteiger partial charge in [0.25, 0.3) is 0 Å². The summed E-state index contributed by atoms with van der Waals surface area (Å²) in [6.45, 7) is 9.07. The van der Waals surface area contributed by atoms with Gasteiger partial charge in [0.15, 0.2) is 0 Å². The lowest BCUT2D eigenvalue weighted by Gasteiger charge is -2.42. The van der Waals surface area contributed by atoms with Gasteiger partial charge in [-0.05, 0) is 50.9 Å². The van der Waals surface area contributed by atoms with E-state index in [1.165, 1.54) is 38.6 Å². The maximum Gasteiger partial charge on any atom is 0.407 e. The van der Waals surface area contributed by atoms with Crippen LogP contribution in [0.1, 0.15) is 59.3 Å². The second kappa shape index (κ2) is 8.02. The molecule has 1 aliphatic heterocycles. The van der Waals surface area contributed by atoms with E-state index in [1.54, 1.807) is 0 Å². The van der Waals surface area contributed by atoms with Crippen molar-refractivity contribution in [2.24, 2.45) is 11.8 Å².